The first-order chi connectivity index (χ1) is 27.5. The monoisotopic (exact) mass is 837 g/mol. The van der Waals surface area contributed by atoms with E-state index in [4.69, 9.17) is 18.5 Å². The Balaban J connectivity index is 2.39. The quantitative estimate of drug-likeness (QED) is 0.0149. The fraction of sp³-hybridized carbons (Fsp3) is 0.932. The number of ether oxygens (including phenoxy) is 2. The highest BCUT2D eigenvalue weighted by molar-refractivity contribution is 7.47. The molecule has 6 atom stereocenters. The van der Waals surface area contributed by atoms with E-state index >= 15 is 0 Å². The summed E-state index contributed by atoms with van der Waals surface area (Å²) in [6.07, 6.45) is 25.6. The van der Waals surface area contributed by atoms with Crippen molar-refractivity contribution in [2.24, 2.45) is 0 Å². The lowest BCUT2D eigenvalue weighted by atomic mass is 9.85. The molecule has 0 heterocycles. The van der Waals surface area contributed by atoms with Crippen molar-refractivity contribution < 1.29 is 58.3 Å². The van der Waals surface area contributed by atoms with Crippen molar-refractivity contribution in [3.05, 3.63) is 12.2 Å². The summed E-state index contributed by atoms with van der Waals surface area (Å²) in [4.78, 5) is 23.1. The zero-order valence-electron chi connectivity index (χ0n) is 35.9. The maximum absolute atomic E-state index is 12.8. The van der Waals surface area contributed by atoms with Crippen LogP contribution in [0.15, 0.2) is 12.2 Å². The number of hydrogen-bond donors (Lipinski definition) is 6. The molecule has 1 fully saturated rings. The topological polar surface area (TPSA) is 192 Å². The highest BCUT2D eigenvalue weighted by Crippen LogP contribution is 2.47. The minimum atomic E-state index is -5.01. The molecular weight excluding hydrogens is 751 g/mol. The summed E-state index contributed by atoms with van der Waals surface area (Å²) in [6.45, 7) is 4.25. The molecule has 0 bridgehead atoms. The number of esters is 1. The van der Waals surface area contributed by atoms with Crippen LogP contribution in [-0.2, 0) is 27.9 Å². The summed E-state index contributed by atoms with van der Waals surface area (Å²) in [5.74, 6) is -0.476. The maximum Gasteiger partial charge on any atom is 0.472 e. The fourth-order valence-electron chi connectivity index (χ4n) is 7.17. The Morgan fingerprint density at radius 2 is 0.930 bits per heavy atom. The first-order valence-electron chi connectivity index (χ1n) is 23.0. The second-order valence-electron chi connectivity index (χ2n) is 16.3. The normalized spacial score (nSPS) is 22.9. The highest BCUT2D eigenvalue weighted by Gasteiger charge is 2.51. The Labute approximate surface area is 346 Å². The molecule has 13 heteroatoms. The van der Waals surface area contributed by atoms with Gasteiger partial charge in [-0.3, -0.25) is 13.8 Å². The third-order valence-electron chi connectivity index (χ3n) is 10.9. The van der Waals surface area contributed by atoms with Gasteiger partial charge in [0, 0.05) is 13.0 Å². The van der Waals surface area contributed by atoms with Gasteiger partial charge in [0.1, 0.15) is 42.7 Å². The van der Waals surface area contributed by atoms with Gasteiger partial charge in [0.15, 0.2) is 0 Å². The molecule has 0 spiro atoms. The molecule has 0 aliphatic heterocycles. The molecule has 57 heavy (non-hydrogen) atoms. The molecule has 1 aliphatic rings. The van der Waals surface area contributed by atoms with Crippen molar-refractivity contribution in [1.82, 2.24) is 0 Å². The first kappa shape index (κ1) is 54.1. The van der Waals surface area contributed by atoms with Crippen LogP contribution < -0.4 is 0 Å². The minimum Gasteiger partial charge on any atom is -0.457 e. The molecule has 338 valence electrons. The summed E-state index contributed by atoms with van der Waals surface area (Å²) in [5, 5.41) is 50.1. The number of hydrogen-bond acceptors (Lipinski definition) is 11. The summed E-state index contributed by atoms with van der Waals surface area (Å²) in [7, 11) is -5.01. The fourth-order valence-corrected chi connectivity index (χ4v) is 8.15. The van der Waals surface area contributed by atoms with Crippen LogP contribution in [0.2, 0.25) is 0 Å². The minimum absolute atomic E-state index is 0.0756. The molecule has 1 aliphatic carbocycles. The van der Waals surface area contributed by atoms with Gasteiger partial charge in [-0.05, 0) is 38.5 Å². The Bertz CT molecular complexity index is 1000. The first-order valence-corrected chi connectivity index (χ1v) is 24.5. The summed E-state index contributed by atoms with van der Waals surface area (Å²) in [6, 6.07) is 0. The van der Waals surface area contributed by atoms with E-state index in [0.29, 0.717) is 13.0 Å². The van der Waals surface area contributed by atoms with Crippen molar-refractivity contribution in [2.75, 3.05) is 19.8 Å². The third kappa shape index (κ3) is 28.3. The van der Waals surface area contributed by atoms with Crippen LogP contribution in [0, 0.1) is 0 Å². The van der Waals surface area contributed by atoms with E-state index in [2.05, 4.69) is 26.0 Å². The SMILES string of the molecule is CCCCCC/C=C\CCCCCCCCOCC(COP(=O)(O)OC1C(O)C(O)C(O)C(O)C1O)OC(=O)CCCCCCCCCCCCCCCCCC. The van der Waals surface area contributed by atoms with Crippen LogP contribution >= 0.6 is 7.82 Å². The number of allylic oxidation sites excluding steroid dienone is 2. The van der Waals surface area contributed by atoms with Crippen LogP contribution in [0.1, 0.15) is 200 Å². The van der Waals surface area contributed by atoms with Crippen molar-refractivity contribution in [3.63, 3.8) is 0 Å². The number of carbonyl (C=O) groups is 1. The molecule has 0 aromatic carbocycles. The van der Waals surface area contributed by atoms with Crippen LogP contribution in [-0.4, -0.2) is 98.9 Å². The van der Waals surface area contributed by atoms with E-state index in [1.165, 1.54) is 122 Å². The Hall–Kier alpha value is -0.920. The standard InChI is InChI=1S/C44H85O12P/c1-3-5-7-9-11-13-15-17-19-20-21-23-25-27-29-31-33-38(45)55-37(35-53-34-32-30-28-26-24-22-18-16-14-12-10-8-6-4-2)36-54-57(51,52)56-44-42(49)40(47)39(46)41(48)43(44)50/h14,16,37,39-44,46-50H,3-13,15,17-36H2,1-2H3,(H,51,52)/b16-14-. The summed E-state index contributed by atoms with van der Waals surface area (Å²) in [5.41, 5.74) is 0. The molecule has 0 saturated heterocycles. The van der Waals surface area contributed by atoms with Gasteiger partial charge in [-0.25, -0.2) is 4.57 Å². The van der Waals surface area contributed by atoms with Crippen molar-refractivity contribution in [1.29, 1.82) is 0 Å². The summed E-state index contributed by atoms with van der Waals surface area (Å²) < 4.78 is 34.2. The number of unbranched alkanes of at least 4 members (excludes halogenated alkanes) is 25. The zero-order valence-corrected chi connectivity index (χ0v) is 36.8. The molecule has 0 amide bonds. The predicted molar refractivity (Wildman–Crippen MR) is 226 cm³/mol. The molecule has 0 aromatic heterocycles. The van der Waals surface area contributed by atoms with E-state index in [9.17, 15) is 39.8 Å². The van der Waals surface area contributed by atoms with E-state index in [1.807, 2.05) is 0 Å². The van der Waals surface area contributed by atoms with E-state index < -0.39 is 63.1 Å². The second kappa shape index (κ2) is 35.8. The predicted octanol–water partition coefficient (Wildman–Crippen LogP) is 9.14. The molecule has 0 aromatic rings. The van der Waals surface area contributed by atoms with E-state index in [-0.39, 0.29) is 13.0 Å². The van der Waals surface area contributed by atoms with Crippen LogP contribution in [0.5, 0.6) is 0 Å². The van der Waals surface area contributed by atoms with Gasteiger partial charge in [0.2, 0.25) is 0 Å². The average molecular weight is 837 g/mol. The lowest BCUT2D eigenvalue weighted by Gasteiger charge is -2.41. The molecule has 6 N–H and O–H groups in total. The zero-order chi connectivity index (χ0) is 42.0. The van der Waals surface area contributed by atoms with Crippen LogP contribution in [0.3, 0.4) is 0 Å². The van der Waals surface area contributed by atoms with Gasteiger partial charge < -0.3 is 39.9 Å². The van der Waals surface area contributed by atoms with Crippen molar-refractivity contribution >= 4 is 13.8 Å². The van der Waals surface area contributed by atoms with Gasteiger partial charge in [0.25, 0.3) is 0 Å². The number of rotatable bonds is 39. The Morgan fingerprint density at radius 1 is 0.544 bits per heavy atom. The van der Waals surface area contributed by atoms with Crippen molar-refractivity contribution in [2.45, 2.75) is 243 Å². The third-order valence-corrected chi connectivity index (χ3v) is 11.9. The Kier molecular flexibility index (Phi) is 34.0. The van der Waals surface area contributed by atoms with E-state index in [0.717, 1.165) is 51.4 Å². The number of carbonyl (C=O) groups excluding carboxylic acids is 1. The number of phosphoric acid groups is 1. The van der Waals surface area contributed by atoms with E-state index in [1.54, 1.807) is 0 Å². The van der Waals surface area contributed by atoms with Gasteiger partial charge in [-0.15, -0.1) is 0 Å². The summed E-state index contributed by atoms with van der Waals surface area (Å²) >= 11 is 0. The maximum atomic E-state index is 12.8. The largest absolute Gasteiger partial charge is 0.472 e. The molecule has 0 radical (unpaired) electrons. The lowest BCUT2D eigenvalue weighted by molar-refractivity contribution is -0.220. The number of phosphoric ester groups is 1. The smallest absolute Gasteiger partial charge is 0.457 e. The molecule has 12 nitrogen and oxygen atoms in total. The van der Waals surface area contributed by atoms with Crippen molar-refractivity contribution in [3.8, 4) is 0 Å². The highest BCUT2D eigenvalue weighted by atomic mass is 31.2. The van der Waals surface area contributed by atoms with Gasteiger partial charge in [-0.1, -0.05) is 167 Å². The average Bonchev–Trinajstić information content (AvgIpc) is 3.19. The van der Waals surface area contributed by atoms with Crippen LogP contribution in [0.25, 0.3) is 0 Å². The molecular formula is C44H85O12P. The molecule has 1 rings (SSSR count). The number of aliphatic hydroxyl groups excluding tert-OH is 5. The van der Waals surface area contributed by atoms with Crippen LogP contribution in [0.4, 0.5) is 0 Å². The second-order valence-corrected chi connectivity index (χ2v) is 17.7. The Morgan fingerprint density at radius 3 is 1.40 bits per heavy atom. The number of aliphatic hydroxyl groups is 5. The molecule has 6 unspecified atom stereocenters. The van der Waals surface area contributed by atoms with Gasteiger partial charge in [-0.2, -0.15) is 0 Å². The lowest BCUT2D eigenvalue weighted by Crippen LogP contribution is -2.64. The van der Waals surface area contributed by atoms with Gasteiger partial charge in [0.05, 0.1) is 13.2 Å². The molecule has 1 saturated carbocycles. The van der Waals surface area contributed by atoms with Gasteiger partial charge >= 0.3 is 13.8 Å².